The molecule has 0 heterocycles. The highest BCUT2D eigenvalue weighted by molar-refractivity contribution is 9.10. The lowest BCUT2D eigenvalue weighted by molar-refractivity contribution is -0.139. The molecule has 0 aromatic heterocycles. The molecule has 1 N–H and O–H groups in total. The molecular formula is C17H17BrO3. The molecule has 2 aromatic rings. The molecule has 0 spiro atoms. The van der Waals surface area contributed by atoms with Crippen LogP contribution in [0.5, 0.6) is 5.75 Å². The topological polar surface area (TPSA) is 46.5 Å². The zero-order valence-electron chi connectivity index (χ0n) is 11.8. The number of carbonyl (C=O) groups is 1. The Morgan fingerprint density at radius 1 is 1.19 bits per heavy atom. The highest BCUT2D eigenvalue weighted by Crippen LogP contribution is 2.29. The zero-order valence-corrected chi connectivity index (χ0v) is 13.3. The van der Waals surface area contributed by atoms with Crippen molar-refractivity contribution in [2.75, 3.05) is 7.11 Å². The van der Waals surface area contributed by atoms with Gasteiger partial charge in [0.2, 0.25) is 0 Å². The summed E-state index contributed by atoms with van der Waals surface area (Å²) >= 11 is 3.43. The molecular weight excluding hydrogens is 332 g/mol. The molecule has 21 heavy (non-hydrogen) atoms. The van der Waals surface area contributed by atoms with Gasteiger partial charge in [0, 0.05) is 4.47 Å². The molecule has 0 fully saturated rings. The summed E-state index contributed by atoms with van der Waals surface area (Å²) in [5.41, 5.74) is 1.92. The van der Waals surface area contributed by atoms with Crippen molar-refractivity contribution < 1.29 is 14.6 Å². The van der Waals surface area contributed by atoms with Gasteiger partial charge < -0.3 is 9.84 Å². The summed E-state index contributed by atoms with van der Waals surface area (Å²) in [6, 6.07) is 15.2. The molecule has 0 radical (unpaired) electrons. The molecule has 3 nitrogen and oxygen atoms in total. The Balaban J connectivity index is 2.10. The van der Waals surface area contributed by atoms with Crippen LogP contribution in [0.1, 0.15) is 23.5 Å². The highest BCUT2D eigenvalue weighted by atomic mass is 79.9. The quantitative estimate of drug-likeness (QED) is 0.848. The fourth-order valence-electron chi connectivity index (χ4n) is 2.27. The number of aliphatic carboxylic acids is 1. The van der Waals surface area contributed by atoms with Gasteiger partial charge in [-0.15, -0.1) is 0 Å². The average Bonchev–Trinajstić information content (AvgIpc) is 2.49. The fraction of sp³-hybridized carbons (Fsp3) is 0.235. The Morgan fingerprint density at radius 3 is 2.43 bits per heavy atom. The van der Waals surface area contributed by atoms with E-state index in [-0.39, 0.29) is 0 Å². The van der Waals surface area contributed by atoms with E-state index in [0.717, 1.165) is 21.3 Å². The Labute approximate surface area is 132 Å². The molecule has 1 unspecified atom stereocenters. The number of benzene rings is 2. The van der Waals surface area contributed by atoms with Gasteiger partial charge in [-0.2, -0.15) is 0 Å². The van der Waals surface area contributed by atoms with E-state index in [9.17, 15) is 9.90 Å². The fourth-order valence-corrected chi connectivity index (χ4v) is 2.83. The summed E-state index contributed by atoms with van der Waals surface area (Å²) in [5, 5.41) is 9.47. The van der Waals surface area contributed by atoms with Crippen LogP contribution in [0.3, 0.4) is 0 Å². The third kappa shape index (κ3) is 4.08. The highest BCUT2D eigenvalue weighted by Gasteiger charge is 2.21. The van der Waals surface area contributed by atoms with Gasteiger partial charge in [0.1, 0.15) is 5.75 Å². The van der Waals surface area contributed by atoms with Crippen molar-refractivity contribution in [3.63, 3.8) is 0 Å². The summed E-state index contributed by atoms with van der Waals surface area (Å²) in [6.45, 7) is 0. The molecule has 2 rings (SSSR count). The summed E-state index contributed by atoms with van der Waals surface area (Å²) < 4.78 is 5.96. The van der Waals surface area contributed by atoms with Crippen LogP contribution in [0, 0.1) is 0 Å². The van der Waals surface area contributed by atoms with Gasteiger partial charge in [0.25, 0.3) is 0 Å². The molecule has 2 aromatic carbocycles. The standard InChI is InChI=1S/C17H17BrO3/c1-21-13-9-6-12(7-10-13)8-11-15(17(19)20)14-4-2-3-5-16(14)18/h2-7,9-10,15H,8,11H2,1H3,(H,19,20). The van der Waals surface area contributed by atoms with Crippen molar-refractivity contribution >= 4 is 21.9 Å². The summed E-state index contributed by atoms with van der Waals surface area (Å²) in [6.07, 6.45) is 1.27. The third-order valence-corrected chi connectivity index (χ3v) is 4.18. The molecule has 0 bridgehead atoms. The average molecular weight is 349 g/mol. The van der Waals surface area contributed by atoms with Gasteiger partial charge in [0.05, 0.1) is 13.0 Å². The zero-order chi connectivity index (χ0) is 15.2. The SMILES string of the molecule is COc1ccc(CCC(C(=O)O)c2ccccc2Br)cc1. The largest absolute Gasteiger partial charge is 0.497 e. The molecule has 0 aliphatic carbocycles. The molecule has 0 aliphatic heterocycles. The minimum absolute atomic E-state index is 0.511. The second-order valence-corrected chi connectivity index (χ2v) is 5.65. The first-order chi connectivity index (χ1) is 10.1. The van der Waals surface area contributed by atoms with Gasteiger partial charge in [-0.1, -0.05) is 46.3 Å². The predicted molar refractivity (Wildman–Crippen MR) is 85.8 cm³/mol. The van der Waals surface area contributed by atoms with E-state index in [2.05, 4.69) is 15.9 Å². The number of halogens is 1. The van der Waals surface area contributed by atoms with Crippen molar-refractivity contribution in [1.82, 2.24) is 0 Å². The van der Waals surface area contributed by atoms with Crippen LogP contribution in [0.4, 0.5) is 0 Å². The van der Waals surface area contributed by atoms with Crippen LogP contribution in [-0.2, 0) is 11.2 Å². The molecule has 110 valence electrons. The number of rotatable bonds is 6. The predicted octanol–water partition coefficient (Wildman–Crippen LogP) is 4.26. The van der Waals surface area contributed by atoms with E-state index in [0.29, 0.717) is 12.8 Å². The Morgan fingerprint density at radius 2 is 1.86 bits per heavy atom. The maximum Gasteiger partial charge on any atom is 0.311 e. The smallest absolute Gasteiger partial charge is 0.311 e. The number of carboxylic acid groups (broad SMARTS) is 1. The van der Waals surface area contributed by atoms with Crippen LogP contribution in [0.2, 0.25) is 0 Å². The van der Waals surface area contributed by atoms with Crippen LogP contribution in [-0.4, -0.2) is 18.2 Å². The van der Waals surface area contributed by atoms with Crippen molar-refractivity contribution in [2.24, 2.45) is 0 Å². The monoisotopic (exact) mass is 348 g/mol. The number of aryl methyl sites for hydroxylation is 1. The van der Waals surface area contributed by atoms with Crippen LogP contribution in [0.25, 0.3) is 0 Å². The number of carboxylic acids is 1. The van der Waals surface area contributed by atoms with Gasteiger partial charge >= 0.3 is 5.97 Å². The number of ether oxygens (including phenoxy) is 1. The van der Waals surface area contributed by atoms with Gasteiger partial charge in [-0.3, -0.25) is 4.79 Å². The van der Waals surface area contributed by atoms with Crippen molar-refractivity contribution in [1.29, 1.82) is 0 Å². The number of hydrogen-bond donors (Lipinski definition) is 1. The van der Waals surface area contributed by atoms with Crippen molar-refractivity contribution in [3.05, 3.63) is 64.1 Å². The summed E-state index contributed by atoms with van der Waals surface area (Å²) in [4.78, 5) is 11.5. The second-order valence-electron chi connectivity index (χ2n) is 4.80. The first-order valence-corrected chi connectivity index (χ1v) is 7.51. The van der Waals surface area contributed by atoms with E-state index < -0.39 is 11.9 Å². The maximum absolute atomic E-state index is 11.5. The van der Waals surface area contributed by atoms with Gasteiger partial charge in [-0.05, 0) is 42.2 Å². The second kappa shape index (κ2) is 7.27. The van der Waals surface area contributed by atoms with E-state index >= 15 is 0 Å². The molecule has 1 atom stereocenters. The van der Waals surface area contributed by atoms with E-state index in [1.54, 1.807) is 7.11 Å². The van der Waals surface area contributed by atoms with Gasteiger partial charge in [-0.25, -0.2) is 0 Å². The summed E-state index contributed by atoms with van der Waals surface area (Å²) in [5.74, 6) is -0.502. The van der Waals surface area contributed by atoms with Crippen LogP contribution < -0.4 is 4.74 Å². The van der Waals surface area contributed by atoms with Gasteiger partial charge in [0.15, 0.2) is 0 Å². The first-order valence-electron chi connectivity index (χ1n) is 6.72. The Kier molecular flexibility index (Phi) is 5.39. The lowest BCUT2D eigenvalue weighted by Crippen LogP contribution is -2.13. The van der Waals surface area contributed by atoms with E-state index in [1.165, 1.54) is 0 Å². The maximum atomic E-state index is 11.5. The molecule has 0 saturated carbocycles. The lowest BCUT2D eigenvalue weighted by Gasteiger charge is -2.14. The minimum Gasteiger partial charge on any atom is -0.497 e. The van der Waals surface area contributed by atoms with Crippen molar-refractivity contribution in [2.45, 2.75) is 18.8 Å². The molecule has 0 aliphatic rings. The molecule has 0 amide bonds. The third-order valence-electron chi connectivity index (χ3n) is 3.46. The first kappa shape index (κ1) is 15.6. The normalized spacial score (nSPS) is 11.9. The number of hydrogen-bond acceptors (Lipinski definition) is 2. The lowest BCUT2D eigenvalue weighted by atomic mass is 9.92. The van der Waals surface area contributed by atoms with E-state index in [4.69, 9.17) is 4.74 Å². The Hall–Kier alpha value is -1.81. The Bertz CT molecular complexity index is 608. The van der Waals surface area contributed by atoms with Crippen molar-refractivity contribution in [3.8, 4) is 5.75 Å². The van der Waals surface area contributed by atoms with Crippen LogP contribution >= 0.6 is 15.9 Å². The van der Waals surface area contributed by atoms with Crippen LogP contribution in [0.15, 0.2) is 53.0 Å². The molecule has 0 saturated heterocycles. The minimum atomic E-state index is -0.796. The molecule has 4 heteroatoms. The van der Waals surface area contributed by atoms with E-state index in [1.807, 2.05) is 48.5 Å². The summed E-state index contributed by atoms with van der Waals surface area (Å²) in [7, 11) is 1.63. The number of methoxy groups -OCH3 is 1.